The van der Waals surface area contributed by atoms with E-state index in [2.05, 4.69) is 86.7 Å². The summed E-state index contributed by atoms with van der Waals surface area (Å²) in [6.07, 6.45) is -3.71. The van der Waals surface area contributed by atoms with Crippen molar-refractivity contribution in [3.8, 4) is 17.2 Å². The summed E-state index contributed by atoms with van der Waals surface area (Å²) in [7, 11) is 0.388. The molecule has 1 aliphatic rings. The Morgan fingerprint density at radius 3 is 1.68 bits per heavy atom. The van der Waals surface area contributed by atoms with E-state index >= 15 is 0 Å². The summed E-state index contributed by atoms with van der Waals surface area (Å²) in [6.45, 7) is 8.27. The molecule has 1 aliphatic heterocycles. The van der Waals surface area contributed by atoms with E-state index in [1.807, 2.05) is 6.07 Å². The Morgan fingerprint density at radius 1 is 0.774 bits per heavy atom. The molecule has 0 unspecified atom stereocenters. The average molecular weight is 554 g/mol. The minimum Gasteiger partial charge on any atom is -0.493 e. The van der Waals surface area contributed by atoms with Crippen molar-refractivity contribution in [2.24, 2.45) is 0 Å². The first-order valence-corrected chi connectivity index (χ1v) is 12.1. The van der Waals surface area contributed by atoms with Crippen LogP contribution in [-0.4, -0.2) is 13.4 Å². The van der Waals surface area contributed by atoms with E-state index in [-0.39, 0.29) is 17.2 Å². The molecular formula is C24H22F2IO3P. The highest BCUT2D eigenvalue weighted by Gasteiger charge is 2.47. The van der Waals surface area contributed by atoms with Gasteiger partial charge in [-0.1, -0.05) is 58.7 Å². The average Bonchev–Trinajstić information content (AvgIpc) is 2.98. The van der Waals surface area contributed by atoms with Crippen molar-refractivity contribution in [1.82, 2.24) is 0 Å². The fraction of sp³-hybridized carbons (Fsp3) is 0.250. The molecule has 0 aliphatic carbocycles. The van der Waals surface area contributed by atoms with Gasteiger partial charge in [0.15, 0.2) is 11.5 Å². The molecule has 0 saturated heterocycles. The summed E-state index contributed by atoms with van der Waals surface area (Å²) >= 11 is 2.08. The molecule has 1 heterocycles. The van der Waals surface area contributed by atoms with Gasteiger partial charge < -0.3 is 14.2 Å². The molecule has 0 N–H and O–H groups in total. The van der Waals surface area contributed by atoms with Crippen LogP contribution in [0.15, 0.2) is 42.5 Å². The molecule has 0 fully saturated rings. The lowest BCUT2D eigenvalue weighted by molar-refractivity contribution is -0.287. The molecular weight excluding hydrogens is 532 g/mol. The van der Waals surface area contributed by atoms with Crippen LogP contribution in [0.2, 0.25) is 0 Å². The van der Waals surface area contributed by atoms with Crippen LogP contribution in [-0.2, 0) is 0 Å². The van der Waals surface area contributed by atoms with Gasteiger partial charge in [0.05, 0.1) is 10.7 Å². The fourth-order valence-electron chi connectivity index (χ4n) is 3.93. The molecule has 4 rings (SSSR count). The number of alkyl halides is 2. The zero-order valence-corrected chi connectivity index (χ0v) is 20.9. The highest BCUT2D eigenvalue weighted by Crippen LogP contribution is 2.51. The third-order valence-electron chi connectivity index (χ3n) is 4.95. The topological polar surface area (TPSA) is 27.7 Å². The second-order valence-electron chi connectivity index (χ2n) is 7.76. The number of rotatable bonds is 4. The Balaban J connectivity index is 2.01. The normalized spacial score (nSPS) is 14.2. The van der Waals surface area contributed by atoms with E-state index in [1.165, 1.54) is 7.11 Å². The molecule has 0 bridgehead atoms. The van der Waals surface area contributed by atoms with Gasteiger partial charge in [0.1, 0.15) is 0 Å². The maximum Gasteiger partial charge on any atom is 0.586 e. The van der Waals surface area contributed by atoms with Gasteiger partial charge in [-0.2, -0.15) is 0 Å². The monoisotopic (exact) mass is 554 g/mol. The zero-order valence-electron chi connectivity index (χ0n) is 17.8. The van der Waals surface area contributed by atoms with Gasteiger partial charge in [-0.05, 0) is 74.9 Å². The van der Waals surface area contributed by atoms with E-state index in [0.29, 0.717) is 3.57 Å². The smallest absolute Gasteiger partial charge is 0.493 e. The molecule has 3 aromatic rings. The maximum atomic E-state index is 13.9. The molecule has 0 spiro atoms. The summed E-state index contributed by atoms with van der Waals surface area (Å²) in [5.41, 5.74) is 4.62. The van der Waals surface area contributed by atoms with Crippen LogP contribution in [0.5, 0.6) is 17.2 Å². The SMILES string of the molecule is COc1cc(P(c2cc(C)cc(C)c2)c2cc(C)cc(C)c2)c(I)c2c1OC(F)(F)O2. The van der Waals surface area contributed by atoms with Gasteiger partial charge in [-0.3, -0.25) is 0 Å². The second kappa shape index (κ2) is 8.21. The lowest BCUT2D eigenvalue weighted by Gasteiger charge is -2.23. The van der Waals surface area contributed by atoms with Crippen LogP contribution in [0.25, 0.3) is 0 Å². The molecule has 3 aromatic carbocycles. The highest BCUT2D eigenvalue weighted by molar-refractivity contribution is 14.1. The molecule has 162 valence electrons. The molecule has 31 heavy (non-hydrogen) atoms. The molecule has 0 saturated carbocycles. The number of methoxy groups -OCH3 is 1. The summed E-state index contributed by atoms with van der Waals surface area (Å²) in [6, 6.07) is 14.7. The van der Waals surface area contributed by atoms with Crippen molar-refractivity contribution in [2.75, 3.05) is 7.11 Å². The van der Waals surface area contributed by atoms with Gasteiger partial charge in [0.2, 0.25) is 5.75 Å². The number of halogens is 3. The second-order valence-corrected chi connectivity index (χ2v) is 11.0. The van der Waals surface area contributed by atoms with Gasteiger partial charge >= 0.3 is 6.29 Å². The van der Waals surface area contributed by atoms with E-state index in [9.17, 15) is 8.78 Å². The number of hydrogen-bond donors (Lipinski definition) is 0. The summed E-state index contributed by atoms with van der Waals surface area (Å²) in [4.78, 5) is 0. The predicted octanol–water partition coefficient (Wildman–Crippen LogP) is 5.61. The third-order valence-corrected chi connectivity index (χ3v) is 8.84. The first-order valence-electron chi connectivity index (χ1n) is 9.71. The van der Waals surface area contributed by atoms with E-state index in [4.69, 9.17) is 14.2 Å². The number of benzene rings is 3. The Morgan fingerprint density at radius 2 is 1.23 bits per heavy atom. The van der Waals surface area contributed by atoms with Crippen LogP contribution < -0.4 is 30.1 Å². The van der Waals surface area contributed by atoms with E-state index in [1.54, 1.807) is 0 Å². The van der Waals surface area contributed by atoms with E-state index < -0.39 is 14.2 Å². The first kappa shape index (κ1) is 22.3. The quantitative estimate of drug-likeness (QED) is 0.310. The lowest BCUT2D eigenvalue weighted by Crippen LogP contribution is -2.26. The van der Waals surface area contributed by atoms with E-state index in [0.717, 1.165) is 38.2 Å². The van der Waals surface area contributed by atoms with Crippen LogP contribution >= 0.6 is 30.5 Å². The molecule has 0 atom stereocenters. The van der Waals surface area contributed by atoms with Gasteiger partial charge in [0, 0.05) is 5.30 Å². The van der Waals surface area contributed by atoms with Crippen LogP contribution in [0.3, 0.4) is 0 Å². The van der Waals surface area contributed by atoms with Crippen LogP contribution in [0.1, 0.15) is 22.3 Å². The maximum absolute atomic E-state index is 13.9. The Bertz CT molecular complexity index is 1090. The third kappa shape index (κ3) is 4.37. The van der Waals surface area contributed by atoms with Crippen molar-refractivity contribution in [3.05, 3.63) is 68.3 Å². The Labute approximate surface area is 195 Å². The van der Waals surface area contributed by atoms with Crippen molar-refractivity contribution < 1.29 is 23.0 Å². The van der Waals surface area contributed by atoms with Gasteiger partial charge in [-0.25, -0.2) is 0 Å². The van der Waals surface area contributed by atoms with Crippen molar-refractivity contribution in [3.63, 3.8) is 0 Å². The number of aryl methyl sites for hydroxylation is 4. The fourth-order valence-corrected chi connectivity index (χ4v) is 7.89. The summed E-state index contributed by atoms with van der Waals surface area (Å²) in [5.74, 6) is 0.210. The minimum atomic E-state index is -3.71. The van der Waals surface area contributed by atoms with Crippen molar-refractivity contribution in [2.45, 2.75) is 34.0 Å². The zero-order chi connectivity index (χ0) is 22.5. The standard InChI is InChI=1S/C24H22F2IO3P/c1-13-6-14(2)9-17(8-13)31(18-10-15(3)7-16(4)11-18)20-12-19(28-5)22-23(21(20)27)30-24(25,26)29-22/h6-12H,1-5H3. The Hall–Kier alpha value is -1.92. The van der Waals surface area contributed by atoms with Gasteiger partial charge in [-0.15, -0.1) is 8.78 Å². The number of ether oxygens (including phenoxy) is 3. The lowest BCUT2D eigenvalue weighted by atomic mass is 10.2. The predicted molar refractivity (Wildman–Crippen MR) is 130 cm³/mol. The Kier molecular flexibility index (Phi) is 5.90. The molecule has 3 nitrogen and oxygen atoms in total. The van der Waals surface area contributed by atoms with Crippen LogP contribution in [0.4, 0.5) is 8.78 Å². The first-order chi connectivity index (χ1) is 14.6. The molecule has 0 radical (unpaired) electrons. The van der Waals surface area contributed by atoms with Crippen LogP contribution in [0, 0.1) is 31.3 Å². The highest BCUT2D eigenvalue weighted by atomic mass is 127. The summed E-state index contributed by atoms with van der Waals surface area (Å²) < 4.78 is 43.5. The van der Waals surface area contributed by atoms with Crippen molar-refractivity contribution in [1.29, 1.82) is 0 Å². The largest absolute Gasteiger partial charge is 0.586 e. The number of fused-ring (bicyclic) bond motifs is 1. The number of hydrogen-bond acceptors (Lipinski definition) is 3. The molecule has 7 heteroatoms. The molecule has 0 amide bonds. The minimum absolute atomic E-state index is 0.0289. The summed E-state index contributed by atoms with van der Waals surface area (Å²) in [5, 5.41) is 3.17. The van der Waals surface area contributed by atoms with Crippen molar-refractivity contribution >= 4 is 46.4 Å². The molecule has 0 aromatic heterocycles. The van der Waals surface area contributed by atoms with Gasteiger partial charge in [0.25, 0.3) is 0 Å².